The Morgan fingerprint density at radius 2 is 2.25 bits per heavy atom. The number of rotatable bonds is 5. The Morgan fingerprint density at radius 3 is 2.94 bits per heavy atom. The van der Waals surface area contributed by atoms with Crippen LogP contribution in [0.25, 0.3) is 31.8 Å². The van der Waals surface area contributed by atoms with E-state index in [2.05, 4.69) is 21.4 Å². The second-order valence-electron chi connectivity index (χ2n) is 7.44. The lowest BCUT2D eigenvalue weighted by Gasteiger charge is -2.14. The number of aromatic nitrogens is 4. The number of nitrogens with two attached hydrogens (primary N) is 1. The second kappa shape index (κ2) is 7.70. The molecule has 0 atom stereocenters. The lowest BCUT2D eigenvalue weighted by atomic mass is 9.99. The third kappa shape index (κ3) is 3.26. The predicted molar refractivity (Wildman–Crippen MR) is 119 cm³/mol. The van der Waals surface area contributed by atoms with Crippen molar-refractivity contribution in [2.45, 2.75) is 25.5 Å². The van der Waals surface area contributed by atoms with E-state index in [1.54, 1.807) is 19.3 Å². The lowest BCUT2D eigenvalue weighted by Crippen LogP contribution is -2.11. The maximum atomic E-state index is 15.4. The Bertz CT molecular complexity index is 1480. The first-order valence-corrected chi connectivity index (χ1v) is 10.9. The van der Waals surface area contributed by atoms with Gasteiger partial charge in [-0.05, 0) is 18.9 Å². The molecule has 32 heavy (non-hydrogen) atoms. The number of aryl methyl sites for hydroxylation is 1. The average molecular weight is 471 g/mol. The molecule has 0 bridgehead atoms. The quantitative estimate of drug-likeness (QED) is 0.458. The molecule has 0 amide bonds. The van der Waals surface area contributed by atoms with Gasteiger partial charge < -0.3 is 10.5 Å². The summed E-state index contributed by atoms with van der Waals surface area (Å²) in [4.78, 5) is 13.0. The van der Waals surface area contributed by atoms with Crippen molar-refractivity contribution in [1.82, 2.24) is 20.0 Å². The van der Waals surface area contributed by atoms with Gasteiger partial charge in [-0.25, -0.2) is 9.49 Å². The molecule has 0 saturated heterocycles. The van der Waals surface area contributed by atoms with E-state index in [9.17, 15) is 10.1 Å². The van der Waals surface area contributed by atoms with Gasteiger partial charge in [0.2, 0.25) is 0 Å². The standard InChI is InChI=1S/C21H16ClFN6O2S/c1-29-19(17-11(6-24)15(31-9-2-3-9)5-13(22)18(17)23)12(8-26-29)16-4-10-14(7-25)27-28-21(30)20(10)32-16/h4-5,8-9H,2-3,7,25H2,1H3,(H,28,30). The zero-order valence-corrected chi connectivity index (χ0v) is 18.4. The van der Waals surface area contributed by atoms with Gasteiger partial charge in [-0.2, -0.15) is 15.5 Å². The first kappa shape index (κ1) is 20.6. The summed E-state index contributed by atoms with van der Waals surface area (Å²) >= 11 is 7.40. The molecule has 162 valence electrons. The number of benzene rings is 1. The Morgan fingerprint density at radius 1 is 1.47 bits per heavy atom. The van der Waals surface area contributed by atoms with E-state index in [1.807, 2.05) is 0 Å². The topological polar surface area (TPSA) is 123 Å². The number of H-pyrrole nitrogens is 1. The first-order chi connectivity index (χ1) is 15.4. The average Bonchev–Trinajstić information content (AvgIpc) is 3.34. The van der Waals surface area contributed by atoms with Crippen molar-refractivity contribution in [2.75, 3.05) is 0 Å². The van der Waals surface area contributed by atoms with Crippen molar-refractivity contribution in [3.63, 3.8) is 0 Å². The molecule has 1 saturated carbocycles. The van der Waals surface area contributed by atoms with Crippen LogP contribution in [0.1, 0.15) is 24.1 Å². The minimum Gasteiger partial charge on any atom is -0.489 e. The van der Waals surface area contributed by atoms with Crippen LogP contribution in [0.4, 0.5) is 4.39 Å². The summed E-state index contributed by atoms with van der Waals surface area (Å²) in [5.74, 6) is -0.495. The fraction of sp³-hybridized carbons (Fsp3) is 0.238. The molecule has 8 nitrogen and oxygen atoms in total. The van der Waals surface area contributed by atoms with Gasteiger partial charge in [0, 0.05) is 35.5 Å². The molecule has 0 aliphatic heterocycles. The minimum atomic E-state index is -0.737. The second-order valence-corrected chi connectivity index (χ2v) is 8.90. The third-order valence-electron chi connectivity index (χ3n) is 5.29. The Labute approximate surface area is 190 Å². The van der Waals surface area contributed by atoms with Crippen molar-refractivity contribution in [3.05, 3.63) is 50.8 Å². The number of fused-ring (bicyclic) bond motifs is 1. The molecular weight excluding hydrogens is 455 g/mol. The normalized spacial score (nSPS) is 13.5. The number of ether oxygens (including phenoxy) is 1. The highest BCUT2D eigenvalue weighted by Crippen LogP contribution is 2.44. The number of aromatic amines is 1. The highest BCUT2D eigenvalue weighted by molar-refractivity contribution is 7.22. The summed E-state index contributed by atoms with van der Waals surface area (Å²) in [7, 11) is 1.65. The predicted octanol–water partition coefficient (Wildman–Crippen LogP) is 3.72. The fourth-order valence-electron chi connectivity index (χ4n) is 3.60. The van der Waals surface area contributed by atoms with Gasteiger partial charge in [0.15, 0.2) is 5.82 Å². The van der Waals surface area contributed by atoms with Crippen molar-refractivity contribution < 1.29 is 9.13 Å². The summed E-state index contributed by atoms with van der Waals surface area (Å²) in [5, 5.41) is 21.1. The summed E-state index contributed by atoms with van der Waals surface area (Å²) in [6.07, 6.45) is 3.31. The molecule has 1 aliphatic carbocycles. The first-order valence-electron chi connectivity index (χ1n) is 9.75. The van der Waals surface area contributed by atoms with Gasteiger partial charge in [-0.15, -0.1) is 11.3 Å². The van der Waals surface area contributed by atoms with E-state index in [1.165, 1.54) is 22.1 Å². The molecule has 3 N–H and O–H groups in total. The lowest BCUT2D eigenvalue weighted by molar-refractivity contribution is 0.302. The molecule has 1 fully saturated rings. The number of nitrogens with one attached hydrogen (secondary N) is 1. The Kier molecular flexibility index (Phi) is 4.97. The van der Waals surface area contributed by atoms with Gasteiger partial charge in [0.1, 0.15) is 22.1 Å². The largest absolute Gasteiger partial charge is 0.489 e. The van der Waals surface area contributed by atoms with Crippen LogP contribution in [-0.4, -0.2) is 26.1 Å². The van der Waals surface area contributed by atoms with Crippen LogP contribution in [0.5, 0.6) is 5.75 Å². The SMILES string of the molecule is Cn1ncc(-c2cc3c(CN)n[nH]c(=O)c3s2)c1-c1c(F)c(Cl)cc(OC2CC2)c1C#N. The number of thiophene rings is 1. The monoisotopic (exact) mass is 470 g/mol. The number of halogens is 2. The molecule has 4 aromatic rings. The Hall–Kier alpha value is -3.26. The molecule has 0 radical (unpaired) electrons. The zero-order chi connectivity index (χ0) is 22.6. The molecule has 1 aromatic carbocycles. The zero-order valence-electron chi connectivity index (χ0n) is 16.8. The maximum absolute atomic E-state index is 15.4. The minimum absolute atomic E-state index is 0.000935. The van der Waals surface area contributed by atoms with Crippen LogP contribution in [0.3, 0.4) is 0 Å². The van der Waals surface area contributed by atoms with Gasteiger partial charge in [-0.1, -0.05) is 11.6 Å². The van der Waals surface area contributed by atoms with E-state index in [0.717, 1.165) is 12.8 Å². The fourth-order valence-corrected chi connectivity index (χ4v) is 4.88. The van der Waals surface area contributed by atoms with E-state index >= 15 is 4.39 Å². The number of nitrogens with zero attached hydrogens (tertiary/aromatic N) is 4. The van der Waals surface area contributed by atoms with Crippen LogP contribution >= 0.6 is 22.9 Å². The molecule has 11 heteroatoms. The van der Waals surface area contributed by atoms with E-state index < -0.39 is 5.82 Å². The van der Waals surface area contributed by atoms with Crippen LogP contribution in [0, 0.1) is 17.1 Å². The van der Waals surface area contributed by atoms with Crippen molar-refractivity contribution in [3.8, 4) is 33.5 Å². The number of hydrogen-bond acceptors (Lipinski definition) is 7. The Balaban J connectivity index is 1.77. The van der Waals surface area contributed by atoms with E-state index in [-0.39, 0.29) is 40.1 Å². The van der Waals surface area contributed by atoms with Crippen LogP contribution < -0.4 is 16.0 Å². The van der Waals surface area contributed by atoms with Crippen LogP contribution in [0.15, 0.2) is 23.1 Å². The summed E-state index contributed by atoms with van der Waals surface area (Å²) in [5.41, 5.74) is 6.92. The molecule has 0 spiro atoms. The molecule has 3 heterocycles. The third-order valence-corrected chi connectivity index (χ3v) is 6.73. The van der Waals surface area contributed by atoms with Crippen LogP contribution in [-0.2, 0) is 13.6 Å². The van der Waals surface area contributed by atoms with Gasteiger partial charge >= 0.3 is 0 Å². The van der Waals surface area contributed by atoms with Gasteiger partial charge in [0.25, 0.3) is 5.56 Å². The number of nitriles is 1. The molecule has 1 aliphatic rings. The number of hydrogen-bond donors (Lipinski definition) is 2. The van der Waals surface area contributed by atoms with Crippen molar-refractivity contribution >= 4 is 33.0 Å². The molecule has 0 unspecified atom stereocenters. The van der Waals surface area contributed by atoms with Gasteiger partial charge in [-0.3, -0.25) is 9.48 Å². The van der Waals surface area contributed by atoms with E-state index in [4.69, 9.17) is 22.1 Å². The maximum Gasteiger partial charge on any atom is 0.282 e. The van der Waals surface area contributed by atoms with Gasteiger partial charge in [0.05, 0.1) is 34.3 Å². The summed E-state index contributed by atoms with van der Waals surface area (Å²) < 4.78 is 23.1. The molecular formula is C21H16ClFN6O2S. The molecule has 5 rings (SSSR count). The molecule has 3 aromatic heterocycles. The smallest absolute Gasteiger partial charge is 0.282 e. The van der Waals surface area contributed by atoms with Crippen LogP contribution in [0.2, 0.25) is 5.02 Å². The highest BCUT2D eigenvalue weighted by Gasteiger charge is 2.30. The van der Waals surface area contributed by atoms with Crippen molar-refractivity contribution in [2.24, 2.45) is 12.8 Å². The van der Waals surface area contributed by atoms with Crippen molar-refractivity contribution in [1.29, 1.82) is 5.26 Å². The highest BCUT2D eigenvalue weighted by atomic mass is 35.5. The summed E-state index contributed by atoms with van der Waals surface area (Å²) in [6.45, 7) is 0.146. The van der Waals surface area contributed by atoms with E-state index in [0.29, 0.717) is 31.9 Å². The summed E-state index contributed by atoms with van der Waals surface area (Å²) in [6, 6.07) is 5.19.